The van der Waals surface area contributed by atoms with E-state index in [2.05, 4.69) is 20.8 Å². The van der Waals surface area contributed by atoms with Crippen LogP contribution in [-0.2, 0) is 9.47 Å². The SMILES string of the molecule is CCCCCOC(CC)C(CO)OCCCCC. The maximum atomic E-state index is 9.38. The highest BCUT2D eigenvalue weighted by molar-refractivity contribution is 4.69. The third-order valence-corrected chi connectivity index (χ3v) is 3.16. The lowest BCUT2D eigenvalue weighted by atomic mass is 10.1. The first-order valence-electron chi connectivity index (χ1n) is 7.64. The number of hydrogen-bond acceptors (Lipinski definition) is 3. The molecule has 0 radical (unpaired) electrons. The molecule has 3 nitrogen and oxygen atoms in total. The normalized spacial score (nSPS) is 14.7. The smallest absolute Gasteiger partial charge is 0.107 e. The Labute approximate surface area is 113 Å². The number of aliphatic hydroxyl groups is 1. The van der Waals surface area contributed by atoms with Gasteiger partial charge in [-0.3, -0.25) is 0 Å². The van der Waals surface area contributed by atoms with Crippen LogP contribution in [0.15, 0.2) is 0 Å². The summed E-state index contributed by atoms with van der Waals surface area (Å²) in [4.78, 5) is 0. The van der Waals surface area contributed by atoms with Gasteiger partial charge in [0.2, 0.25) is 0 Å². The van der Waals surface area contributed by atoms with Crippen LogP contribution in [0.4, 0.5) is 0 Å². The van der Waals surface area contributed by atoms with Crippen LogP contribution in [0, 0.1) is 0 Å². The molecule has 0 bridgehead atoms. The molecule has 0 rings (SSSR count). The molecule has 0 saturated heterocycles. The molecule has 18 heavy (non-hydrogen) atoms. The summed E-state index contributed by atoms with van der Waals surface area (Å²) in [6.07, 6.45) is 7.73. The molecule has 2 atom stereocenters. The molecule has 0 amide bonds. The van der Waals surface area contributed by atoms with Gasteiger partial charge in [-0.2, -0.15) is 0 Å². The van der Waals surface area contributed by atoms with Gasteiger partial charge in [-0.1, -0.05) is 46.5 Å². The number of rotatable bonds is 13. The largest absolute Gasteiger partial charge is 0.394 e. The minimum atomic E-state index is -0.159. The van der Waals surface area contributed by atoms with Crippen LogP contribution in [0.25, 0.3) is 0 Å². The Kier molecular flexibility index (Phi) is 13.2. The topological polar surface area (TPSA) is 38.7 Å². The van der Waals surface area contributed by atoms with Crippen LogP contribution >= 0.6 is 0 Å². The van der Waals surface area contributed by atoms with E-state index in [0.717, 1.165) is 32.5 Å². The molecule has 0 heterocycles. The van der Waals surface area contributed by atoms with Crippen molar-refractivity contribution in [2.24, 2.45) is 0 Å². The Morgan fingerprint density at radius 2 is 1.28 bits per heavy atom. The standard InChI is InChI=1S/C15H32O3/c1-4-7-9-11-17-14(6-3)15(13-16)18-12-10-8-5-2/h14-16H,4-13H2,1-3H3. The summed E-state index contributed by atoms with van der Waals surface area (Å²) in [7, 11) is 0. The van der Waals surface area contributed by atoms with Crippen molar-refractivity contribution >= 4 is 0 Å². The monoisotopic (exact) mass is 260 g/mol. The summed E-state index contributed by atoms with van der Waals surface area (Å²) in [5.74, 6) is 0. The molecule has 0 aliphatic carbocycles. The van der Waals surface area contributed by atoms with Gasteiger partial charge in [0.05, 0.1) is 12.7 Å². The molecular formula is C15H32O3. The highest BCUT2D eigenvalue weighted by Gasteiger charge is 2.20. The Balaban J connectivity index is 3.82. The van der Waals surface area contributed by atoms with Crippen LogP contribution in [0.5, 0.6) is 0 Å². The summed E-state index contributed by atoms with van der Waals surface area (Å²) in [5.41, 5.74) is 0. The van der Waals surface area contributed by atoms with Gasteiger partial charge in [0, 0.05) is 13.2 Å². The Morgan fingerprint density at radius 3 is 1.67 bits per heavy atom. The van der Waals surface area contributed by atoms with Crippen molar-refractivity contribution in [1.29, 1.82) is 0 Å². The second-order valence-electron chi connectivity index (χ2n) is 4.82. The predicted octanol–water partition coefficient (Wildman–Crippen LogP) is 3.54. The first-order valence-corrected chi connectivity index (χ1v) is 7.64. The lowest BCUT2D eigenvalue weighted by Crippen LogP contribution is -2.35. The Bertz CT molecular complexity index is 144. The van der Waals surface area contributed by atoms with E-state index in [1.807, 2.05) is 0 Å². The van der Waals surface area contributed by atoms with Crippen molar-refractivity contribution < 1.29 is 14.6 Å². The maximum absolute atomic E-state index is 9.38. The average molecular weight is 260 g/mol. The predicted molar refractivity (Wildman–Crippen MR) is 75.9 cm³/mol. The molecule has 0 aromatic rings. The fourth-order valence-corrected chi connectivity index (χ4v) is 1.94. The number of ether oxygens (including phenoxy) is 2. The molecule has 0 aliphatic heterocycles. The van der Waals surface area contributed by atoms with Crippen LogP contribution < -0.4 is 0 Å². The van der Waals surface area contributed by atoms with E-state index in [-0.39, 0.29) is 18.8 Å². The lowest BCUT2D eigenvalue weighted by molar-refractivity contribution is -0.0947. The molecule has 0 aromatic heterocycles. The van der Waals surface area contributed by atoms with E-state index in [1.165, 1.54) is 25.7 Å². The second-order valence-corrected chi connectivity index (χ2v) is 4.82. The molecule has 0 aromatic carbocycles. The quantitative estimate of drug-likeness (QED) is 0.515. The molecule has 0 spiro atoms. The molecule has 0 saturated carbocycles. The number of hydrogen-bond donors (Lipinski definition) is 1. The van der Waals surface area contributed by atoms with Gasteiger partial charge in [-0.05, 0) is 19.3 Å². The van der Waals surface area contributed by atoms with Gasteiger partial charge in [0.1, 0.15) is 6.10 Å². The molecule has 110 valence electrons. The van der Waals surface area contributed by atoms with E-state index in [4.69, 9.17) is 9.47 Å². The Morgan fingerprint density at radius 1 is 0.778 bits per heavy atom. The van der Waals surface area contributed by atoms with Crippen LogP contribution in [0.2, 0.25) is 0 Å². The van der Waals surface area contributed by atoms with E-state index in [9.17, 15) is 5.11 Å². The van der Waals surface area contributed by atoms with E-state index in [1.54, 1.807) is 0 Å². The van der Waals surface area contributed by atoms with Gasteiger partial charge < -0.3 is 14.6 Å². The molecule has 2 unspecified atom stereocenters. The minimum Gasteiger partial charge on any atom is -0.394 e. The molecular weight excluding hydrogens is 228 g/mol. The van der Waals surface area contributed by atoms with Crippen LogP contribution in [-0.4, -0.2) is 37.1 Å². The summed E-state index contributed by atoms with van der Waals surface area (Å²) >= 11 is 0. The van der Waals surface area contributed by atoms with Crippen molar-refractivity contribution in [2.75, 3.05) is 19.8 Å². The van der Waals surface area contributed by atoms with Crippen molar-refractivity contribution in [3.05, 3.63) is 0 Å². The van der Waals surface area contributed by atoms with Crippen molar-refractivity contribution in [1.82, 2.24) is 0 Å². The van der Waals surface area contributed by atoms with E-state index in [0.29, 0.717) is 0 Å². The maximum Gasteiger partial charge on any atom is 0.107 e. The van der Waals surface area contributed by atoms with Crippen molar-refractivity contribution in [2.45, 2.75) is 77.9 Å². The van der Waals surface area contributed by atoms with Gasteiger partial charge >= 0.3 is 0 Å². The minimum absolute atomic E-state index is 0.0356. The number of unbranched alkanes of at least 4 members (excludes halogenated alkanes) is 4. The molecule has 0 fully saturated rings. The molecule has 1 N–H and O–H groups in total. The zero-order chi connectivity index (χ0) is 13.6. The zero-order valence-electron chi connectivity index (χ0n) is 12.5. The fourth-order valence-electron chi connectivity index (χ4n) is 1.94. The van der Waals surface area contributed by atoms with E-state index < -0.39 is 0 Å². The van der Waals surface area contributed by atoms with Crippen molar-refractivity contribution in [3.8, 4) is 0 Å². The van der Waals surface area contributed by atoms with Crippen molar-refractivity contribution in [3.63, 3.8) is 0 Å². The van der Waals surface area contributed by atoms with Crippen LogP contribution in [0.1, 0.15) is 65.7 Å². The van der Waals surface area contributed by atoms with Gasteiger partial charge in [-0.25, -0.2) is 0 Å². The first kappa shape index (κ1) is 17.9. The lowest BCUT2D eigenvalue weighted by Gasteiger charge is -2.25. The van der Waals surface area contributed by atoms with Gasteiger partial charge in [-0.15, -0.1) is 0 Å². The first-order chi connectivity index (χ1) is 8.79. The second kappa shape index (κ2) is 13.3. The van der Waals surface area contributed by atoms with Gasteiger partial charge in [0.15, 0.2) is 0 Å². The third-order valence-electron chi connectivity index (χ3n) is 3.16. The van der Waals surface area contributed by atoms with E-state index >= 15 is 0 Å². The fraction of sp³-hybridized carbons (Fsp3) is 1.00. The summed E-state index contributed by atoms with van der Waals surface area (Å²) < 4.78 is 11.5. The summed E-state index contributed by atoms with van der Waals surface area (Å²) in [5, 5.41) is 9.38. The zero-order valence-corrected chi connectivity index (χ0v) is 12.5. The molecule has 0 aliphatic rings. The number of aliphatic hydroxyl groups excluding tert-OH is 1. The van der Waals surface area contributed by atoms with Crippen LogP contribution in [0.3, 0.4) is 0 Å². The highest BCUT2D eigenvalue weighted by atomic mass is 16.5. The highest BCUT2D eigenvalue weighted by Crippen LogP contribution is 2.11. The Hall–Kier alpha value is -0.120. The summed E-state index contributed by atoms with van der Waals surface area (Å²) in [6, 6.07) is 0. The van der Waals surface area contributed by atoms with Gasteiger partial charge in [0.25, 0.3) is 0 Å². The third kappa shape index (κ3) is 8.90. The summed E-state index contributed by atoms with van der Waals surface area (Å²) in [6.45, 7) is 8.01. The molecule has 3 heteroatoms. The average Bonchev–Trinajstić information content (AvgIpc) is 2.40.